The molecular weight excluding hydrogens is 560 g/mol. The van der Waals surface area contributed by atoms with Crippen LogP contribution >= 0.6 is 0 Å². The summed E-state index contributed by atoms with van der Waals surface area (Å²) in [5.74, 6) is 1.02. The Morgan fingerprint density at radius 3 is 2.02 bits per heavy atom. The Kier molecular flexibility index (Phi) is 5.22. The number of hydrogen-bond donors (Lipinski definition) is 0. The molecule has 0 N–H and O–H groups in total. The van der Waals surface area contributed by atoms with Gasteiger partial charge in [-0.3, -0.25) is 5.01 Å². The molecule has 3 atom stereocenters. The minimum absolute atomic E-state index is 0.0343. The van der Waals surface area contributed by atoms with E-state index in [0.717, 1.165) is 17.1 Å². The highest BCUT2D eigenvalue weighted by Crippen LogP contribution is 2.54. The Labute approximate surface area is 268 Å². The van der Waals surface area contributed by atoms with Crippen molar-refractivity contribution in [3.05, 3.63) is 173 Å². The second kappa shape index (κ2) is 9.29. The molecule has 46 heavy (non-hydrogen) atoms. The van der Waals surface area contributed by atoms with E-state index in [0.29, 0.717) is 0 Å². The number of fused-ring (bicyclic) bond motifs is 7. The van der Waals surface area contributed by atoms with Gasteiger partial charge < -0.3 is 4.57 Å². The Bertz CT molecular complexity index is 2350. The van der Waals surface area contributed by atoms with Crippen molar-refractivity contribution < 1.29 is 0 Å². The van der Waals surface area contributed by atoms with Gasteiger partial charge in [0.15, 0.2) is 0 Å². The summed E-state index contributed by atoms with van der Waals surface area (Å²) in [4.78, 5) is 5.26. The third kappa shape index (κ3) is 3.50. The maximum Gasteiger partial charge on any atom is 0.150 e. The fraction of sp³-hybridized carbons (Fsp3) is 0.119. The number of aromatic nitrogens is 1. The van der Waals surface area contributed by atoms with Gasteiger partial charge in [-0.1, -0.05) is 117 Å². The summed E-state index contributed by atoms with van der Waals surface area (Å²) in [6.45, 7) is 4.71. The van der Waals surface area contributed by atoms with Crippen LogP contribution in [0.25, 0.3) is 38.6 Å². The highest BCUT2D eigenvalue weighted by atomic mass is 15.9. The van der Waals surface area contributed by atoms with Crippen molar-refractivity contribution in [3.63, 3.8) is 0 Å². The van der Waals surface area contributed by atoms with Gasteiger partial charge in [0.25, 0.3) is 0 Å². The molecule has 2 aliphatic heterocycles. The van der Waals surface area contributed by atoms with Crippen molar-refractivity contribution >= 4 is 27.6 Å². The molecule has 3 unspecified atom stereocenters. The Hall–Kier alpha value is -5.45. The third-order valence-electron chi connectivity index (χ3n) is 10.3. The zero-order valence-corrected chi connectivity index (χ0v) is 25.8. The van der Waals surface area contributed by atoms with E-state index in [4.69, 9.17) is 4.99 Å². The van der Waals surface area contributed by atoms with Gasteiger partial charge in [-0.05, 0) is 75.8 Å². The van der Waals surface area contributed by atoms with Crippen molar-refractivity contribution in [2.24, 2.45) is 4.99 Å². The Balaban J connectivity index is 1.09. The van der Waals surface area contributed by atoms with Crippen LogP contribution < -0.4 is 0 Å². The van der Waals surface area contributed by atoms with Crippen LogP contribution in [-0.2, 0) is 5.41 Å². The highest BCUT2D eigenvalue weighted by molar-refractivity contribution is 6.11. The number of hydrazine groups is 1. The molecule has 0 amide bonds. The van der Waals surface area contributed by atoms with E-state index in [-0.39, 0.29) is 17.7 Å². The molecule has 1 aliphatic carbocycles. The number of para-hydroxylation sites is 1. The average molecular weight is 593 g/mol. The van der Waals surface area contributed by atoms with Crippen molar-refractivity contribution in [2.45, 2.75) is 31.6 Å². The summed E-state index contributed by atoms with van der Waals surface area (Å²) in [5.41, 5.74) is 12.7. The molecule has 7 aromatic rings. The Morgan fingerprint density at radius 2 is 1.24 bits per heavy atom. The van der Waals surface area contributed by atoms with E-state index in [1.165, 1.54) is 55.2 Å². The van der Waals surface area contributed by atoms with Crippen LogP contribution in [0.4, 0.5) is 0 Å². The van der Waals surface area contributed by atoms with Crippen LogP contribution in [0.15, 0.2) is 151 Å². The Morgan fingerprint density at radius 1 is 0.565 bits per heavy atom. The monoisotopic (exact) mass is 592 g/mol. The first-order chi connectivity index (χ1) is 22.6. The molecule has 220 valence electrons. The summed E-state index contributed by atoms with van der Waals surface area (Å²) >= 11 is 0. The predicted molar refractivity (Wildman–Crippen MR) is 187 cm³/mol. The van der Waals surface area contributed by atoms with E-state index in [2.05, 4.69) is 174 Å². The second-order valence-corrected chi connectivity index (χ2v) is 13.2. The number of hydrogen-bond acceptors (Lipinski definition) is 3. The normalized spacial score (nSPS) is 20.4. The number of aliphatic imine (C=N–C) groups is 1. The molecule has 1 fully saturated rings. The number of nitrogens with zero attached hydrogens (tertiary/aromatic N) is 4. The molecule has 3 heterocycles. The largest absolute Gasteiger partial charge is 0.309 e. The van der Waals surface area contributed by atoms with Crippen molar-refractivity contribution in [2.75, 3.05) is 0 Å². The minimum Gasteiger partial charge on any atom is -0.309 e. The summed E-state index contributed by atoms with van der Waals surface area (Å²) in [5, 5.41) is 7.32. The van der Waals surface area contributed by atoms with Crippen LogP contribution in [0, 0.1) is 0 Å². The molecule has 1 saturated heterocycles. The zero-order chi connectivity index (χ0) is 30.6. The molecule has 3 aliphatic rings. The molecule has 0 bridgehead atoms. The van der Waals surface area contributed by atoms with Gasteiger partial charge in [0.1, 0.15) is 18.2 Å². The topological polar surface area (TPSA) is 23.3 Å². The van der Waals surface area contributed by atoms with Crippen LogP contribution in [0.5, 0.6) is 0 Å². The van der Waals surface area contributed by atoms with Crippen molar-refractivity contribution in [1.82, 2.24) is 14.6 Å². The van der Waals surface area contributed by atoms with Crippen LogP contribution in [0.3, 0.4) is 0 Å². The summed E-state index contributed by atoms with van der Waals surface area (Å²) in [7, 11) is 0. The highest BCUT2D eigenvalue weighted by Gasteiger charge is 2.57. The van der Waals surface area contributed by atoms with Gasteiger partial charge in [-0.15, -0.1) is 0 Å². The standard InChI is InChI=1S/C42H32N4/c1-42(2)35-19-11-9-17-31(35)33-25-34-32-18-10-12-20-37(32)44(38(34)26-36(33)42)30-23-21-28(22-24-30)40-43-39(27-13-5-3-6-14-27)45-41(46(40)45)29-15-7-4-8-16-29/h3-26,39,41H,1-2H3. The lowest BCUT2D eigenvalue weighted by atomic mass is 9.82. The zero-order valence-electron chi connectivity index (χ0n) is 25.8. The summed E-state index contributed by atoms with van der Waals surface area (Å²) in [6, 6.07) is 53.0. The lowest BCUT2D eigenvalue weighted by molar-refractivity contribution is 0.341. The molecule has 6 aromatic carbocycles. The molecule has 0 saturated carbocycles. The van der Waals surface area contributed by atoms with E-state index in [1.807, 2.05) is 0 Å². The number of amidine groups is 1. The molecule has 0 radical (unpaired) electrons. The maximum atomic E-state index is 5.26. The van der Waals surface area contributed by atoms with Crippen LogP contribution in [0.2, 0.25) is 0 Å². The molecule has 1 aromatic heterocycles. The van der Waals surface area contributed by atoms with E-state index in [1.54, 1.807) is 0 Å². The summed E-state index contributed by atoms with van der Waals surface area (Å²) in [6.07, 6.45) is 0.151. The van der Waals surface area contributed by atoms with Crippen LogP contribution in [0.1, 0.15) is 54.0 Å². The van der Waals surface area contributed by atoms with Crippen molar-refractivity contribution in [3.8, 4) is 16.8 Å². The van der Waals surface area contributed by atoms with Gasteiger partial charge >= 0.3 is 0 Å². The average Bonchev–Trinajstić information content (AvgIpc) is 3.47. The van der Waals surface area contributed by atoms with Gasteiger partial charge in [0, 0.05) is 27.4 Å². The second-order valence-electron chi connectivity index (χ2n) is 13.2. The summed E-state index contributed by atoms with van der Waals surface area (Å²) < 4.78 is 2.44. The molecule has 4 nitrogen and oxygen atoms in total. The minimum atomic E-state index is -0.0545. The van der Waals surface area contributed by atoms with Gasteiger partial charge in [0.05, 0.1) is 11.0 Å². The number of benzene rings is 6. The first kappa shape index (κ1) is 25.8. The lowest BCUT2D eigenvalue weighted by Crippen LogP contribution is -2.15. The number of rotatable bonds is 4. The molecule has 10 rings (SSSR count). The SMILES string of the molecule is CC1(C)c2ccccc2-c2cc3c4ccccc4n(-c4ccc(C5=NC(c6ccccc6)N6C(c7ccccc7)N56)cc4)c3cc21. The van der Waals surface area contributed by atoms with E-state index < -0.39 is 0 Å². The van der Waals surface area contributed by atoms with Gasteiger partial charge in [-0.2, -0.15) is 5.01 Å². The lowest BCUT2D eigenvalue weighted by Gasteiger charge is -2.21. The molecular formula is C42H32N4. The molecule has 4 heteroatoms. The first-order valence-corrected chi connectivity index (χ1v) is 16.1. The molecule has 0 spiro atoms. The fourth-order valence-corrected chi connectivity index (χ4v) is 8.07. The van der Waals surface area contributed by atoms with Crippen LogP contribution in [-0.4, -0.2) is 20.4 Å². The van der Waals surface area contributed by atoms with Crippen molar-refractivity contribution in [1.29, 1.82) is 0 Å². The first-order valence-electron chi connectivity index (χ1n) is 16.1. The predicted octanol–water partition coefficient (Wildman–Crippen LogP) is 9.78. The third-order valence-corrected chi connectivity index (χ3v) is 10.3. The maximum absolute atomic E-state index is 5.26. The quantitative estimate of drug-likeness (QED) is 0.190. The van der Waals surface area contributed by atoms with Gasteiger partial charge in [-0.25, -0.2) is 4.99 Å². The fourth-order valence-electron chi connectivity index (χ4n) is 8.07. The van der Waals surface area contributed by atoms with E-state index >= 15 is 0 Å². The smallest absolute Gasteiger partial charge is 0.150 e. The van der Waals surface area contributed by atoms with Gasteiger partial charge in [0.2, 0.25) is 0 Å². The van der Waals surface area contributed by atoms with E-state index in [9.17, 15) is 0 Å².